The van der Waals surface area contributed by atoms with Crippen LogP contribution in [0.3, 0.4) is 0 Å². The topological polar surface area (TPSA) is 103 Å². The molecule has 2 amide bonds. The maximum absolute atomic E-state index is 13.3. The Bertz CT molecular complexity index is 895. The fraction of sp³-hybridized carbons (Fsp3) is 0.739. The first-order valence-electron chi connectivity index (χ1n) is 11.7. The van der Waals surface area contributed by atoms with E-state index in [2.05, 4.69) is 5.10 Å². The van der Waals surface area contributed by atoms with Gasteiger partial charge in [0.1, 0.15) is 11.8 Å². The summed E-state index contributed by atoms with van der Waals surface area (Å²) in [6, 6.07) is 0. The zero-order chi connectivity index (χ0) is 23.8. The van der Waals surface area contributed by atoms with Crippen molar-refractivity contribution in [2.75, 3.05) is 39.4 Å². The van der Waals surface area contributed by atoms with Crippen LogP contribution in [-0.4, -0.2) is 82.5 Å². The molecule has 3 fully saturated rings. The van der Waals surface area contributed by atoms with E-state index in [-0.39, 0.29) is 31.3 Å². The minimum absolute atomic E-state index is 0.147. The summed E-state index contributed by atoms with van der Waals surface area (Å²) in [6.07, 6.45) is 5.69. The normalized spacial score (nSPS) is 24.5. The number of hydrogen-bond donors (Lipinski definition) is 0. The van der Waals surface area contributed by atoms with Crippen molar-refractivity contribution in [3.05, 3.63) is 18.0 Å². The van der Waals surface area contributed by atoms with Crippen molar-refractivity contribution in [3.8, 4) is 0 Å². The van der Waals surface area contributed by atoms with Crippen LogP contribution < -0.4 is 0 Å². The smallest absolute Gasteiger partial charge is 0.410 e. The van der Waals surface area contributed by atoms with Gasteiger partial charge in [-0.3, -0.25) is 9.59 Å². The molecule has 1 aromatic heterocycles. The molecule has 3 aliphatic heterocycles. The fourth-order valence-electron chi connectivity index (χ4n) is 4.90. The molecule has 2 atom stereocenters. The first kappa shape index (κ1) is 23.5. The minimum atomic E-state index is -0.597. The number of carbonyl (C=O) groups is 3. The van der Waals surface area contributed by atoms with Crippen LogP contribution in [0, 0.1) is 11.3 Å². The Morgan fingerprint density at radius 1 is 1.18 bits per heavy atom. The summed E-state index contributed by atoms with van der Waals surface area (Å²) in [7, 11) is 0. The van der Waals surface area contributed by atoms with Crippen LogP contribution in [0.25, 0.3) is 0 Å². The Labute approximate surface area is 194 Å². The molecule has 0 aromatic carbocycles. The van der Waals surface area contributed by atoms with Crippen molar-refractivity contribution >= 4 is 18.0 Å². The lowest BCUT2D eigenvalue weighted by Gasteiger charge is -2.49. The summed E-state index contributed by atoms with van der Waals surface area (Å²) in [5, 5.41) is 4.34. The number of carbonyl (C=O) groups excluding carboxylic acids is 3. The fourth-order valence-corrected chi connectivity index (χ4v) is 4.90. The number of aromatic nitrogens is 2. The van der Waals surface area contributed by atoms with Crippen LogP contribution >= 0.6 is 0 Å². The van der Waals surface area contributed by atoms with Crippen molar-refractivity contribution < 1.29 is 28.6 Å². The quantitative estimate of drug-likeness (QED) is 0.633. The van der Waals surface area contributed by atoms with E-state index in [4.69, 9.17) is 14.2 Å². The number of rotatable bonds is 4. The summed E-state index contributed by atoms with van der Waals surface area (Å²) in [4.78, 5) is 41.7. The molecule has 33 heavy (non-hydrogen) atoms. The number of ether oxygens (including phenoxy) is 3. The summed E-state index contributed by atoms with van der Waals surface area (Å²) in [5.41, 5.74) is -0.659. The highest BCUT2D eigenvalue weighted by Crippen LogP contribution is 2.45. The van der Waals surface area contributed by atoms with Gasteiger partial charge in [0.2, 0.25) is 0 Å². The first-order chi connectivity index (χ1) is 15.6. The predicted octanol–water partition coefficient (Wildman–Crippen LogP) is 2.45. The SMILES string of the molecule is CCOC(=O)C1CN(C(=O)c2cnn(C3CCCCO3)c2)CC12CN(C(=O)OC(C)(C)C)C2. The number of nitrogens with zero attached hydrogens (tertiary/aromatic N) is 4. The maximum Gasteiger partial charge on any atom is 0.410 e. The summed E-state index contributed by atoms with van der Waals surface area (Å²) < 4.78 is 18.2. The third-order valence-corrected chi connectivity index (χ3v) is 6.47. The first-order valence-corrected chi connectivity index (χ1v) is 11.7. The molecular formula is C23H34N4O6. The van der Waals surface area contributed by atoms with Gasteiger partial charge in [-0.05, 0) is 47.0 Å². The molecule has 1 spiro atoms. The van der Waals surface area contributed by atoms with Gasteiger partial charge in [0, 0.05) is 44.4 Å². The van der Waals surface area contributed by atoms with Gasteiger partial charge in [0.25, 0.3) is 5.91 Å². The van der Waals surface area contributed by atoms with Crippen molar-refractivity contribution in [3.63, 3.8) is 0 Å². The second kappa shape index (κ2) is 8.96. The second-order valence-corrected chi connectivity index (χ2v) is 10.2. The van der Waals surface area contributed by atoms with Gasteiger partial charge >= 0.3 is 12.1 Å². The van der Waals surface area contributed by atoms with E-state index in [1.807, 2.05) is 20.8 Å². The highest BCUT2D eigenvalue weighted by Gasteiger charge is 2.60. The van der Waals surface area contributed by atoms with Crippen LogP contribution in [0.4, 0.5) is 4.79 Å². The summed E-state index contributed by atoms with van der Waals surface area (Å²) in [5.74, 6) is -1.00. The van der Waals surface area contributed by atoms with Gasteiger partial charge in [-0.1, -0.05) is 0 Å². The van der Waals surface area contributed by atoms with Gasteiger partial charge in [-0.15, -0.1) is 0 Å². The molecule has 0 aliphatic carbocycles. The number of likely N-dealkylation sites (tertiary alicyclic amines) is 2. The minimum Gasteiger partial charge on any atom is -0.466 e. The number of hydrogen-bond acceptors (Lipinski definition) is 7. The van der Waals surface area contributed by atoms with Gasteiger partial charge in [-0.2, -0.15) is 5.10 Å². The van der Waals surface area contributed by atoms with Crippen molar-refractivity contribution in [1.29, 1.82) is 0 Å². The third-order valence-electron chi connectivity index (χ3n) is 6.47. The van der Waals surface area contributed by atoms with E-state index in [1.54, 1.807) is 33.8 Å². The lowest BCUT2D eigenvalue weighted by Crippen LogP contribution is -2.64. The lowest BCUT2D eigenvalue weighted by atomic mass is 9.71. The molecule has 4 heterocycles. The number of amides is 2. The Morgan fingerprint density at radius 3 is 2.55 bits per heavy atom. The van der Waals surface area contributed by atoms with E-state index in [9.17, 15) is 14.4 Å². The largest absolute Gasteiger partial charge is 0.466 e. The zero-order valence-electron chi connectivity index (χ0n) is 19.9. The molecule has 10 heteroatoms. The van der Waals surface area contributed by atoms with Crippen molar-refractivity contribution in [2.45, 2.75) is 58.8 Å². The summed E-state index contributed by atoms with van der Waals surface area (Å²) >= 11 is 0. The van der Waals surface area contributed by atoms with E-state index in [0.29, 0.717) is 31.8 Å². The summed E-state index contributed by atoms with van der Waals surface area (Å²) in [6.45, 7) is 9.50. The predicted molar refractivity (Wildman–Crippen MR) is 117 cm³/mol. The van der Waals surface area contributed by atoms with Gasteiger partial charge in [0.05, 0.1) is 24.3 Å². The van der Waals surface area contributed by atoms with Crippen molar-refractivity contribution in [1.82, 2.24) is 19.6 Å². The van der Waals surface area contributed by atoms with E-state index >= 15 is 0 Å². The number of esters is 1. The Hall–Kier alpha value is -2.62. The van der Waals surface area contributed by atoms with Crippen LogP contribution in [0.2, 0.25) is 0 Å². The second-order valence-electron chi connectivity index (χ2n) is 10.2. The van der Waals surface area contributed by atoms with E-state index in [1.165, 1.54) is 0 Å². The standard InChI is InChI=1S/C23H34N4O6/c1-5-31-20(29)17-12-25(13-23(17)14-26(15-23)21(30)33-22(2,3)4)19(28)16-10-24-27(11-16)18-8-6-7-9-32-18/h10-11,17-18H,5-9,12-15H2,1-4H3. The van der Waals surface area contributed by atoms with Crippen LogP contribution in [0.15, 0.2) is 12.4 Å². The molecular weight excluding hydrogens is 428 g/mol. The monoisotopic (exact) mass is 462 g/mol. The molecule has 3 aliphatic rings. The van der Waals surface area contributed by atoms with Crippen molar-refractivity contribution in [2.24, 2.45) is 11.3 Å². The molecule has 0 saturated carbocycles. The Balaban J connectivity index is 1.46. The van der Waals surface area contributed by atoms with Gasteiger partial charge in [-0.25, -0.2) is 9.48 Å². The maximum atomic E-state index is 13.3. The molecule has 2 unspecified atom stereocenters. The molecule has 0 N–H and O–H groups in total. The average molecular weight is 463 g/mol. The molecule has 1 aromatic rings. The molecule has 0 bridgehead atoms. The van der Waals surface area contributed by atoms with Crippen LogP contribution in [-0.2, 0) is 19.0 Å². The highest BCUT2D eigenvalue weighted by atomic mass is 16.6. The van der Waals surface area contributed by atoms with Crippen LogP contribution in [0.5, 0.6) is 0 Å². The van der Waals surface area contributed by atoms with E-state index in [0.717, 1.165) is 19.3 Å². The van der Waals surface area contributed by atoms with Gasteiger partial charge in [0.15, 0.2) is 0 Å². The average Bonchev–Trinajstić information content (AvgIpc) is 3.37. The molecule has 4 rings (SSSR count). The highest BCUT2D eigenvalue weighted by molar-refractivity contribution is 5.94. The third kappa shape index (κ3) is 4.85. The zero-order valence-corrected chi connectivity index (χ0v) is 19.9. The molecule has 0 radical (unpaired) electrons. The molecule has 10 nitrogen and oxygen atoms in total. The van der Waals surface area contributed by atoms with E-state index < -0.39 is 23.0 Å². The molecule has 182 valence electrons. The lowest BCUT2D eigenvalue weighted by molar-refractivity contribution is -0.155. The molecule has 3 saturated heterocycles. The Kier molecular flexibility index (Phi) is 6.39. The van der Waals surface area contributed by atoms with Gasteiger partial charge < -0.3 is 24.0 Å². The Morgan fingerprint density at radius 2 is 1.91 bits per heavy atom. The van der Waals surface area contributed by atoms with Crippen LogP contribution in [0.1, 0.15) is 63.5 Å².